The first-order chi connectivity index (χ1) is 9.19. The molecule has 102 valence electrons. The van der Waals surface area contributed by atoms with Gasteiger partial charge in [0.1, 0.15) is 11.5 Å². The molecule has 6 nitrogen and oxygen atoms in total. The minimum Gasteiger partial charge on any atom is -0.497 e. The number of aromatic nitrogens is 2. The Morgan fingerprint density at radius 2 is 2.11 bits per heavy atom. The number of benzene rings is 1. The Labute approximate surface area is 111 Å². The molecular weight excluding hydrogens is 246 g/mol. The van der Waals surface area contributed by atoms with Crippen molar-refractivity contribution in [3.63, 3.8) is 0 Å². The second-order valence-corrected chi connectivity index (χ2v) is 4.04. The number of hydrogen-bond donors (Lipinski definition) is 1. The third-order valence-corrected chi connectivity index (χ3v) is 2.85. The molecule has 2 aromatic rings. The van der Waals surface area contributed by atoms with Crippen molar-refractivity contribution >= 4 is 0 Å². The molecule has 0 spiro atoms. The Morgan fingerprint density at radius 1 is 1.32 bits per heavy atom. The molecule has 0 aliphatic carbocycles. The number of nitrogens with zero attached hydrogens (tertiary/aromatic N) is 2. The van der Waals surface area contributed by atoms with Gasteiger partial charge in [-0.2, -0.15) is 4.98 Å². The van der Waals surface area contributed by atoms with Gasteiger partial charge >= 0.3 is 0 Å². The first-order valence-electron chi connectivity index (χ1n) is 6.01. The minimum absolute atomic E-state index is 0.221. The van der Waals surface area contributed by atoms with E-state index in [1.807, 2.05) is 19.1 Å². The van der Waals surface area contributed by atoms with E-state index in [0.29, 0.717) is 28.8 Å². The Hall–Kier alpha value is -2.08. The van der Waals surface area contributed by atoms with Gasteiger partial charge in [-0.25, -0.2) is 0 Å². The highest BCUT2D eigenvalue weighted by Gasteiger charge is 2.17. The van der Waals surface area contributed by atoms with Crippen molar-refractivity contribution in [2.45, 2.75) is 19.4 Å². The van der Waals surface area contributed by atoms with Crippen molar-refractivity contribution in [1.29, 1.82) is 0 Å². The maximum absolute atomic E-state index is 5.87. The summed E-state index contributed by atoms with van der Waals surface area (Å²) in [5.74, 6) is 2.19. The van der Waals surface area contributed by atoms with Gasteiger partial charge in [0.15, 0.2) is 5.82 Å². The van der Waals surface area contributed by atoms with Gasteiger partial charge in [-0.1, -0.05) is 12.1 Å². The Bertz CT molecular complexity index is 554. The van der Waals surface area contributed by atoms with Crippen molar-refractivity contribution in [2.24, 2.45) is 5.73 Å². The standard InChI is InChI=1S/C13H17N3O3/c1-4-10(14)12-15-13(19-16-12)9-6-5-8(17-2)7-11(9)18-3/h5-7,10H,4,14H2,1-3H3. The summed E-state index contributed by atoms with van der Waals surface area (Å²) >= 11 is 0. The molecule has 2 N–H and O–H groups in total. The second-order valence-electron chi connectivity index (χ2n) is 4.04. The van der Waals surface area contributed by atoms with Gasteiger partial charge in [-0.3, -0.25) is 0 Å². The predicted octanol–water partition coefficient (Wildman–Crippen LogP) is 2.16. The fourth-order valence-electron chi connectivity index (χ4n) is 1.65. The van der Waals surface area contributed by atoms with Crippen molar-refractivity contribution < 1.29 is 14.0 Å². The van der Waals surface area contributed by atoms with Gasteiger partial charge in [-0.15, -0.1) is 0 Å². The zero-order valence-corrected chi connectivity index (χ0v) is 11.2. The summed E-state index contributed by atoms with van der Waals surface area (Å²) in [6.45, 7) is 1.97. The van der Waals surface area contributed by atoms with E-state index < -0.39 is 0 Å². The lowest BCUT2D eigenvalue weighted by Crippen LogP contribution is -2.10. The number of hydrogen-bond acceptors (Lipinski definition) is 6. The van der Waals surface area contributed by atoms with Crippen LogP contribution in [-0.4, -0.2) is 24.4 Å². The lowest BCUT2D eigenvalue weighted by molar-refractivity contribution is 0.389. The van der Waals surface area contributed by atoms with Crippen molar-refractivity contribution in [3.05, 3.63) is 24.0 Å². The molecular formula is C13H17N3O3. The fourth-order valence-corrected chi connectivity index (χ4v) is 1.65. The molecule has 1 aromatic carbocycles. The van der Waals surface area contributed by atoms with Crippen LogP contribution in [0.3, 0.4) is 0 Å². The quantitative estimate of drug-likeness (QED) is 0.890. The van der Waals surface area contributed by atoms with Crippen molar-refractivity contribution in [1.82, 2.24) is 10.1 Å². The maximum Gasteiger partial charge on any atom is 0.261 e. The van der Waals surface area contributed by atoms with Gasteiger partial charge in [0.2, 0.25) is 0 Å². The molecule has 0 bridgehead atoms. The van der Waals surface area contributed by atoms with E-state index >= 15 is 0 Å². The van der Waals surface area contributed by atoms with Crippen LogP contribution >= 0.6 is 0 Å². The van der Waals surface area contributed by atoms with Crippen LogP contribution in [0.5, 0.6) is 11.5 Å². The lowest BCUT2D eigenvalue weighted by Gasteiger charge is -2.07. The van der Waals surface area contributed by atoms with E-state index in [0.717, 1.165) is 6.42 Å². The largest absolute Gasteiger partial charge is 0.497 e. The second kappa shape index (κ2) is 5.71. The van der Waals surface area contributed by atoms with Crippen molar-refractivity contribution in [2.75, 3.05) is 14.2 Å². The topological polar surface area (TPSA) is 83.4 Å². The highest BCUT2D eigenvalue weighted by atomic mass is 16.5. The number of ether oxygens (including phenoxy) is 2. The molecule has 2 rings (SSSR count). The number of nitrogens with two attached hydrogens (primary N) is 1. The van der Waals surface area contributed by atoms with Crippen LogP contribution in [0.4, 0.5) is 0 Å². The SMILES string of the molecule is CCC(N)c1noc(-c2ccc(OC)cc2OC)n1. The van der Waals surface area contributed by atoms with E-state index in [2.05, 4.69) is 10.1 Å². The van der Waals surface area contributed by atoms with Crippen LogP contribution in [0.1, 0.15) is 25.2 Å². The molecule has 0 saturated carbocycles. The first-order valence-corrected chi connectivity index (χ1v) is 6.01. The van der Waals surface area contributed by atoms with E-state index in [9.17, 15) is 0 Å². The third-order valence-electron chi connectivity index (χ3n) is 2.85. The van der Waals surface area contributed by atoms with E-state index in [4.69, 9.17) is 19.7 Å². The van der Waals surface area contributed by atoms with Gasteiger partial charge < -0.3 is 19.7 Å². The summed E-state index contributed by atoms with van der Waals surface area (Å²) in [5, 5.41) is 3.88. The van der Waals surface area contributed by atoms with Crippen LogP contribution in [0.2, 0.25) is 0 Å². The molecule has 1 unspecified atom stereocenters. The molecule has 0 fully saturated rings. The molecule has 1 aromatic heterocycles. The Morgan fingerprint density at radius 3 is 2.74 bits per heavy atom. The smallest absolute Gasteiger partial charge is 0.261 e. The fraction of sp³-hybridized carbons (Fsp3) is 0.385. The zero-order valence-electron chi connectivity index (χ0n) is 11.2. The maximum atomic E-state index is 5.87. The molecule has 0 amide bonds. The summed E-state index contributed by atoms with van der Waals surface area (Å²) in [6.07, 6.45) is 0.749. The normalized spacial score (nSPS) is 12.2. The number of methoxy groups -OCH3 is 2. The molecule has 1 heterocycles. The summed E-state index contributed by atoms with van der Waals surface area (Å²) in [5.41, 5.74) is 6.58. The van der Waals surface area contributed by atoms with E-state index in [1.54, 1.807) is 20.3 Å². The molecule has 0 radical (unpaired) electrons. The van der Waals surface area contributed by atoms with Crippen LogP contribution in [-0.2, 0) is 0 Å². The predicted molar refractivity (Wildman–Crippen MR) is 70.1 cm³/mol. The van der Waals surface area contributed by atoms with Gasteiger partial charge in [0.25, 0.3) is 5.89 Å². The van der Waals surface area contributed by atoms with Crippen LogP contribution in [0, 0.1) is 0 Å². The zero-order chi connectivity index (χ0) is 13.8. The van der Waals surface area contributed by atoms with Gasteiger partial charge in [0.05, 0.1) is 25.8 Å². The summed E-state index contributed by atoms with van der Waals surface area (Å²) in [4.78, 5) is 4.29. The molecule has 1 atom stereocenters. The van der Waals surface area contributed by atoms with Crippen LogP contribution in [0.25, 0.3) is 11.5 Å². The number of rotatable bonds is 5. The molecule has 6 heteroatoms. The monoisotopic (exact) mass is 263 g/mol. The van der Waals surface area contributed by atoms with Crippen LogP contribution in [0.15, 0.2) is 22.7 Å². The van der Waals surface area contributed by atoms with Crippen molar-refractivity contribution in [3.8, 4) is 23.0 Å². The van der Waals surface area contributed by atoms with Gasteiger partial charge in [-0.05, 0) is 18.6 Å². The Balaban J connectivity index is 2.38. The van der Waals surface area contributed by atoms with E-state index in [-0.39, 0.29) is 6.04 Å². The molecule has 0 saturated heterocycles. The molecule has 0 aliphatic rings. The van der Waals surface area contributed by atoms with Gasteiger partial charge in [0, 0.05) is 6.07 Å². The lowest BCUT2D eigenvalue weighted by atomic mass is 10.2. The highest BCUT2D eigenvalue weighted by Crippen LogP contribution is 2.32. The van der Waals surface area contributed by atoms with E-state index in [1.165, 1.54) is 0 Å². The van der Waals surface area contributed by atoms with Crippen LogP contribution < -0.4 is 15.2 Å². The first kappa shape index (κ1) is 13.4. The molecule has 0 aliphatic heterocycles. The average Bonchev–Trinajstić information content (AvgIpc) is 2.95. The average molecular weight is 263 g/mol. The molecule has 19 heavy (non-hydrogen) atoms. The Kier molecular flexibility index (Phi) is 4.01. The minimum atomic E-state index is -0.221. The summed E-state index contributed by atoms with van der Waals surface area (Å²) in [6, 6.07) is 5.16. The third kappa shape index (κ3) is 2.68. The summed E-state index contributed by atoms with van der Waals surface area (Å²) < 4.78 is 15.7. The summed E-state index contributed by atoms with van der Waals surface area (Å²) in [7, 11) is 3.17. The highest BCUT2D eigenvalue weighted by molar-refractivity contribution is 5.64.